The van der Waals surface area contributed by atoms with Gasteiger partial charge in [0.2, 0.25) is 15.9 Å². The third kappa shape index (κ3) is 3.91. The van der Waals surface area contributed by atoms with Crippen molar-refractivity contribution in [1.29, 1.82) is 0 Å². The minimum absolute atomic E-state index is 0.0309. The van der Waals surface area contributed by atoms with Crippen molar-refractivity contribution in [3.05, 3.63) is 42.2 Å². The Kier molecular flexibility index (Phi) is 5.75. The molecule has 2 aliphatic rings. The average Bonchev–Trinajstić information content (AvgIpc) is 3.19. The van der Waals surface area contributed by atoms with E-state index < -0.39 is 10.0 Å². The smallest absolute Gasteiger partial charge is 0.243 e. The summed E-state index contributed by atoms with van der Waals surface area (Å²) in [4.78, 5) is 15.0. The number of sulfonamides is 1. The van der Waals surface area contributed by atoms with Crippen molar-refractivity contribution in [2.24, 2.45) is 7.05 Å². The summed E-state index contributed by atoms with van der Waals surface area (Å²) < 4.78 is 40.2. The lowest BCUT2D eigenvalue weighted by Gasteiger charge is -2.37. The van der Waals surface area contributed by atoms with E-state index in [0.717, 1.165) is 29.3 Å². The normalized spacial score (nSPS) is 19.2. The van der Waals surface area contributed by atoms with Crippen LogP contribution in [0.4, 0.5) is 0 Å². The average molecular weight is 434 g/mol. The van der Waals surface area contributed by atoms with E-state index in [1.54, 1.807) is 6.07 Å². The van der Waals surface area contributed by atoms with E-state index in [1.165, 1.54) is 19.2 Å². The van der Waals surface area contributed by atoms with Crippen molar-refractivity contribution in [2.75, 3.05) is 33.4 Å². The summed E-state index contributed by atoms with van der Waals surface area (Å²) in [5.74, 6) is 0.740. The fourth-order valence-electron chi connectivity index (χ4n) is 4.09. The van der Waals surface area contributed by atoms with Crippen LogP contribution in [-0.2, 0) is 21.9 Å². The van der Waals surface area contributed by atoms with Gasteiger partial charge in [-0.25, -0.2) is 8.42 Å². The van der Waals surface area contributed by atoms with E-state index in [4.69, 9.17) is 9.47 Å². The Balaban J connectivity index is 1.51. The van der Waals surface area contributed by atoms with Gasteiger partial charge in [0.25, 0.3) is 0 Å². The second-order valence-corrected chi connectivity index (χ2v) is 9.75. The maximum atomic E-state index is 13.1. The fraction of sp³-hybridized carbons (Fsp3) is 0.476. The van der Waals surface area contributed by atoms with Crippen molar-refractivity contribution in [1.82, 2.24) is 13.8 Å². The SMILES string of the molecule is CN(CC(=O)N1CCCC[C@@H]1c1cccn1C)S(=O)(=O)c1ccc2c(c1)OCCO2. The number of carbonyl (C=O) groups excluding carboxylic acids is 1. The number of benzene rings is 1. The molecule has 1 atom stereocenters. The minimum atomic E-state index is -3.84. The molecule has 2 aliphatic heterocycles. The van der Waals surface area contributed by atoms with Gasteiger partial charge in [-0.3, -0.25) is 4.79 Å². The van der Waals surface area contributed by atoms with E-state index in [2.05, 4.69) is 0 Å². The molecule has 162 valence electrons. The number of likely N-dealkylation sites (N-methyl/N-ethyl adjacent to an activating group) is 1. The van der Waals surface area contributed by atoms with E-state index in [-0.39, 0.29) is 23.4 Å². The molecule has 0 N–H and O–H groups in total. The van der Waals surface area contributed by atoms with Gasteiger partial charge in [-0.05, 0) is 43.5 Å². The van der Waals surface area contributed by atoms with Crippen molar-refractivity contribution in [3.8, 4) is 11.5 Å². The molecule has 0 aliphatic carbocycles. The van der Waals surface area contributed by atoms with E-state index in [0.29, 0.717) is 31.3 Å². The van der Waals surface area contributed by atoms with Crippen molar-refractivity contribution < 1.29 is 22.7 Å². The first-order valence-electron chi connectivity index (χ1n) is 10.1. The van der Waals surface area contributed by atoms with Crippen LogP contribution in [0.1, 0.15) is 31.0 Å². The van der Waals surface area contributed by atoms with Crippen LogP contribution < -0.4 is 9.47 Å². The van der Waals surface area contributed by atoms with Crippen LogP contribution in [0.3, 0.4) is 0 Å². The number of carbonyl (C=O) groups is 1. The molecule has 2 aromatic rings. The van der Waals surface area contributed by atoms with Gasteiger partial charge in [0.15, 0.2) is 11.5 Å². The predicted octanol–water partition coefficient (Wildman–Crippen LogP) is 2.17. The summed E-state index contributed by atoms with van der Waals surface area (Å²) in [6.45, 7) is 1.23. The lowest BCUT2D eigenvalue weighted by molar-refractivity contribution is -0.135. The zero-order valence-electron chi connectivity index (χ0n) is 17.3. The molecule has 0 bridgehead atoms. The number of hydrogen-bond donors (Lipinski definition) is 0. The van der Waals surface area contributed by atoms with Crippen LogP contribution in [0.5, 0.6) is 11.5 Å². The highest BCUT2D eigenvalue weighted by molar-refractivity contribution is 7.89. The molecule has 4 rings (SSSR count). The number of piperidine rings is 1. The van der Waals surface area contributed by atoms with Gasteiger partial charge < -0.3 is 18.9 Å². The van der Waals surface area contributed by atoms with Crippen LogP contribution >= 0.6 is 0 Å². The number of nitrogens with zero attached hydrogens (tertiary/aromatic N) is 3. The summed E-state index contributed by atoms with van der Waals surface area (Å²) in [5, 5.41) is 0. The number of ether oxygens (including phenoxy) is 2. The Bertz CT molecular complexity index is 1030. The van der Waals surface area contributed by atoms with Gasteiger partial charge in [0, 0.05) is 38.6 Å². The zero-order chi connectivity index (χ0) is 21.3. The lowest BCUT2D eigenvalue weighted by Crippen LogP contribution is -2.45. The second-order valence-electron chi connectivity index (χ2n) is 7.71. The molecule has 0 saturated carbocycles. The van der Waals surface area contributed by atoms with Crippen LogP contribution in [0.15, 0.2) is 41.4 Å². The van der Waals surface area contributed by atoms with Crippen molar-refractivity contribution in [3.63, 3.8) is 0 Å². The van der Waals surface area contributed by atoms with Gasteiger partial charge >= 0.3 is 0 Å². The van der Waals surface area contributed by atoms with Crippen LogP contribution in [0, 0.1) is 0 Å². The molecule has 1 amide bonds. The molecular weight excluding hydrogens is 406 g/mol. The molecule has 0 unspecified atom stereocenters. The maximum Gasteiger partial charge on any atom is 0.243 e. The Morgan fingerprint density at radius 3 is 2.67 bits per heavy atom. The Morgan fingerprint density at radius 2 is 1.93 bits per heavy atom. The number of aromatic nitrogens is 1. The molecular formula is C21H27N3O5S. The van der Waals surface area contributed by atoms with Gasteiger partial charge in [-0.1, -0.05) is 0 Å². The highest BCUT2D eigenvalue weighted by Gasteiger charge is 2.32. The van der Waals surface area contributed by atoms with E-state index in [1.807, 2.05) is 34.8 Å². The molecule has 3 heterocycles. The molecule has 0 radical (unpaired) electrons. The maximum absolute atomic E-state index is 13.1. The largest absolute Gasteiger partial charge is 0.486 e. The number of amides is 1. The molecule has 9 heteroatoms. The predicted molar refractivity (Wildman–Crippen MR) is 111 cm³/mol. The molecule has 1 aromatic heterocycles. The number of rotatable bonds is 5. The highest BCUT2D eigenvalue weighted by Crippen LogP contribution is 2.34. The van der Waals surface area contributed by atoms with Crippen molar-refractivity contribution in [2.45, 2.75) is 30.2 Å². The highest BCUT2D eigenvalue weighted by atomic mass is 32.2. The first-order valence-corrected chi connectivity index (χ1v) is 11.6. The molecule has 0 spiro atoms. The molecule has 8 nitrogen and oxygen atoms in total. The molecule has 1 saturated heterocycles. The topological polar surface area (TPSA) is 81.1 Å². The second kappa shape index (κ2) is 8.31. The van der Waals surface area contributed by atoms with Crippen LogP contribution in [-0.4, -0.2) is 61.4 Å². The third-order valence-electron chi connectivity index (χ3n) is 5.73. The van der Waals surface area contributed by atoms with Crippen molar-refractivity contribution >= 4 is 15.9 Å². The number of aryl methyl sites for hydroxylation is 1. The molecule has 1 fully saturated rings. The van der Waals surface area contributed by atoms with Gasteiger partial charge in [-0.2, -0.15) is 4.31 Å². The van der Waals surface area contributed by atoms with Crippen LogP contribution in [0.2, 0.25) is 0 Å². The Labute approximate surface area is 177 Å². The molecule has 30 heavy (non-hydrogen) atoms. The Hall–Kier alpha value is -2.52. The minimum Gasteiger partial charge on any atom is -0.486 e. The fourth-order valence-corrected chi connectivity index (χ4v) is 5.22. The van der Waals surface area contributed by atoms with E-state index >= 15 is 0 Å². The monoisotopic (exact) mass is 433 g/mol. The molecule has 1 aromatic carbocycles. The Morgan fingerprint density at radius 1 is 1.17 bits per heavy atom. The first kappa shape index (κ1) is 20.7. The first-order chi connectivity index (χ1) is 14.4. The summed E-state index contributed by atoms with van der Waals surface area (Å²) >= 11 is 0. The van der Waals surface area contributed by atoms with E-state index in [9.17, 15) is 13.2 Å². The third-order valence-corrected chi connectivity index (χ3v) is 7.53. The number of likely N-dealkylation sites (tertiary alicyclic amines) is 1. The van der Waals surface area contributed by atoms with Gasteiger partial charge in [0.05, 0.1) is 17.5 Å². The zero-order valence-corrected chi connectivity index (χ0v) is 18.1. The standard InChI is InChI=1S/C21H27N3O5S/c1-22-10-5-7-17(22)18-6-3-4-11-24(18)21(25)15-23(2)30(26,27)16-8-9-19-20(14-16)29-13-12-28-19/h5,7-10,14,18H,3-4,6,11-13,15H2,1-2H3/t18-/m1/s1. The van der Waals surface area contributed by atoms with Gasteiger partial charge in [0.1, 0.15) is 13.2 Å². The van der Waals surface area contributed by atoms with Crippen LogP contribution in [0.25, 0.3) is 0 Å². The van der Waals surface area contributed by atoms with Gasteiger partial charge in [-0.15, -0.1) is 0 Å². The summed E-state index contributed by atoms with van der Waals surface area (Å²) in [5.41, 5.74) is 1.07. The lowest BCUT2D eigenvalue weighted by atomic mass is 9.99. The summed E-state index contributed by atoms with van der Waals surface area (Å²) in [6.07, 6.45) is 4.81. The summed E-state index contributed by atoms with van der Waals surface area (Å²) in [6, 6.07) is 8.48. The number of fused-ring (bicyclic) bond motifs is 1. The quantitative estimate of drug-likeness (QED) is 0.722. The summed E-state index contributed by atoms with van der Waals surface area (Å²) in [7, 11) is -0.441. The number of hydrogen-bond acceptors (Lipinski definition) is 5.